The fourth-order valence-electron chi connectivity index (χ4n) is 1.39. The molecule has 0 aliphatic heterocycles. The Kier molecular flexibility index (Phi) is 2.18. The first-order chi connectivity index (χ1) is 6.75. The Labute approximate surface area is 80.6 Å². The first-order valence-electron chi connectivity index (χ1n) is 4.40. The van der Waals surface area contributed by atoms with Crippen LogP contribution < -0.4 is 0 Å². The third-order valence-electron chi connectivity index (χ3n) is 2.06. The molecule has 2 aromatic heterocycles. The van der Waals surface area contributed by atoms with E-state index in [0.717, 1.165) is 16.7 Å². The molecule has 0 aromatic carbocycles. The van der Waals surface area contributed by atoms with E-state index in [9.17, 15) is 4.79 Å². The number of carboxylic acid groups (broad SMARTS) is 1. The van der Waals surface area contributed by atoms with Crippen LogP contribution in [-0.4, -0.2) is 21.0 Å². The van der Waals surface area contributed by atoms with Crippen molar-refractivity contribution in [1.29, 1.82) is 0 Å². The van der Waals surface area contributed by atoms with Crippen LogP contribution in [-0.2, 0) is 11.2 Å². The number of hydrogen-bond donors (Lipinski definition) is 2. The highest BCUT2D eigenvalue weighted by atomic mass is 16.4. The summed E-state index contributed by atoms with van der Waals surface area (Å²) in [6, 6.07) is 5.74. The molecule has 4 heteroatoms. The molecule has 0 saturated heterocycles. The van der Waals surface area contributed by atoms with E-state index in [4.69, 9.17) is 5.11 Å². The average molecular weight is 190 g/mol. The van der Waals surface area contributed by atoms with Gasteiger partial charge in [-0.1, -0.05) is 0 Å². The van der Waals surface area contributed by atoms with E-state index >= 15 is 0 Å². The molecule has 0 fully saturated rings. The van der Waals surface area contributed by atoms with Crippen LogP contribution in [0.4, 0.5) is 0 Å². The quantitative estimate of drug-likeness (QED) is 0.772. The summed E-state index contributed by atoms with van der Waals surface area (Å²) in [6.45, 7) is 0. The molecule has 0 atom stereocenters. The average Bonchev–Trinajstić information content (AvgIpc) is 2.57. The van der Waals surface area contributed by atoms with E-state index in [1.807, 2.05) is 18.2 Å². The number of rotatable bonds is 3. The first-order valence-corrected chi connectivity index (χ1v) is 4.40. The van der Waals surface area contributed by atoms with Gasteiger partial charge in [0.25, 0.3) is 0 Å². The highest BCUT2D eigenvalue weighted by molar-refractivity contribution is 5.76. The number of carbonyl (C=O) groups is 1. The molecule has 4 nitrogen and oxygen atoms in total. The van der Waals surface area contributed by atoms with Gasteiger partial charge in [-0.15, -0.1) is 0 Å². The molecule has 72 valence electrons. The van der Waals surface area contributed by atoms with E-state index in [0.29, 0.717) is 6.42 Å². The van der Waals surface area contributed by atoms with Crippen LogP contribution in [0.2, 0.25) is 0 Å². The second-order valence-corrected chi connectivity index (χ2v) is 3.13. The maximum atomic E-state index is 10.4. The number of aliphatic carboxylic acids is 1. The molecule has 2 N–H and O–H groups in total. The number of nitrogens with zero attached hydrogens (tertiary/aromatic N) is 1. The molecule has 2 aromatic rings. The Balaban J connectivity index is 2.22. The predicted molar refractivity (Wildman–Crippen MR) is 52.1 cm³/mol. The topological polar surface area (TPSA) is 66.0 Å². The number of carboxylic acids is 1. The van der Waals surface area contributed by atoms with Crippen LogP contribution in [0.1, 0.15) is 12.1 Å². The molecule has 0 saturated carbocycles. The van der Waals surface area contributed by atoms with Crippen molar-refractivity contribution in [2.75, 3.05) is 0 Å². The van der Waals surface area contributed by atoms with Crippen LogP contribution in [0.25, 0.3) is 11.0 Å². The third-order valence-corrected chi connectivity index (χ3v) is 2.06. The van der Waals surface area contributed by atoms with Crippen molar-refractivity contribution in [3.05, 3.63) is 30.1 Å². The minimum absolute atomic E-state index is 0.146. The van der Waals surface area contributed by atoms with E-state index in [1.165, 1.54) is 0 Å². The molecule has 0 aliphatic rings. The maximum absolute atomic E-state index is 10.4. The summed E-state index contributed by atoms with van der Waals surface area (Å²) in [5.41, 5.74) is 1.73. The Hall–Kier alpha value is -1.84. The van der Waals surface area contributed by atoms with E-state index in [-0.39, 0.29) is 6.42 Å². The molecule has 0 spiro atoms. The van der Waals surface area contributed by atoms with Crippen LogP contribution in [0.15, 0.2) is 24.4 Å². The highest BCUT2D eigenvalue weighted by Gasteiger charge is 2.03. The van der Waals surface area contributed by atoms with Crippen LogP contribution >= 0.6 is 0 Å². The number of aryl methyl sites for hydroxylation is 1. The monoisotopic (exact) mass is 190 g/mol. The van der Waals surface area contributed by atoms with Gasteiger partial charge in [0, 0.05) is 17.3 Å². The zero-order chi connectivity index (χ0) is 9.97. The van der Waals surface area contributed by atoms with Crippen molar-refractivity contribution in [2.45, 2.75) is 12.8 Å². The lowest BCUT2D eigenvalue weighted by molar-refractivity contribution is -0.136. The normalized spacial score (nSPS) is 10.6. The standard InChI is InChI=1S/C10H10N2O2/c13-9(14)4-3-8-6-7-2-1-5-11-10(7)12-8/h1-2,5-6H,3-4H2,(H,11,12)(H,13,14). The van der Waals surface area contributed by atoms with Crippen molar-refractivity contribution < 1.29 is 9.90 Å². The molecule has 2 heterocycles. The predicted octanol–water partition coefficient (Wildman–Crippen LogP) is 1.58. The molecular weight excluding hydrogens is 180 g/mol. The first kappa shape index (κ1) is 8.74. The lowest BCUT2D eigenvalue weighted by atomic mass is 10.2. The number of H-pyrrole nitrogens is 1. The van der Waals surface area contributed by atoms with Crippen molar-refractivity contribution in [3.63, 3.8) is 0 Å². The van der Waals surface area contributed by atoms with Crippen molar-refractivity contribution in [2.24, 2.45) is 0 Å². The van der Waals surface area contributed by atoms with Crippen molar-refractivity contribution >= 4 is 17.0 Å². The number of hydrogen-bond acceptors (Lipinski definition) is 2. The zero-order valence-corrected chi connectivity index (χ0v) is 7.53. The van der Waals surface area contributed by atoms with E-state index < -0.39 is 5.97 Å². The number of pyridine rings is 1. The lowest BCUT2D eigenvalue weighted by Gasteiger charge is -1.91. The van der Waals surface area contributed by atoms with Crippen LogP contribution in [0.5, 0.6) is 0 Å². The number of fused-ring (bicyclic) bond motifs is 1. The summed E-state index contributed by atoms with van der Waals surface area (Å²) in [4.78, 5) is 17.6. The zero-order valence-electron chi connectivity index (χ0n) is 7.53. The van der Waals surface area contributed by atoms with Gasteiger partial charge in [-0.2, -0.15) is 0 Å². The fourth-order valence-corrected chi connectivity index (χ4v) is 1.39. The van der Waals surface area contributed by atoms with Gasteiger partial charge in [-0.25, -0.2) is 4.98 Å². The summed E-state index contributed by atoms with van der Waals surface area (Å²) in [6.07, 6.45) is 2.37. The molecule has 0 bridgehead atoms. The summed E-state index contributed by atoms with van der Waals surface area (Å²) in [7, 11) is 0. The summed E-state index contributed by atoms with van der Waals surface area (Å²) in [5.74, 6) is -0.781. The van der Waals surface area contributed by atoms with Crippen molar-refractivity contribution in [3.8, 4) is 0 Å². The van der Waals surface area contributed by atoms with E-state index in [1.54, 1.807) is 6.20 Å². The molecule has 0 radical (unpaired) electrons. The maximum Gasteiger partial charge on any atom is 0.303 e. The molecule has 14 heavy (non-hydrogen) atoms. The molecule has 0 aliphatic carbocycles. The smallest absolute Gasteiger partial charge is 0.303 e. The molecule has 0 unspecified atom stereocenters. The molecule has 0 amide bonds. The van der Waals surface area contributed by atoms with Gasteiger partial charge in [0.1, 0.15) is 5.65 Å². The fraction of sp³-hybridized carbons (Fsp3) is 0.200. The SMILES string of the molecule is O=C(O)CCc1cc2cccnc2[nH]1. The van der Waals surface area contributed by atoms with Gasteiger partial charge in [-0.05, 0) is 24.6 Å². The Bertz CT molecular complexity index is 429. The van der Waals surface area contributed by atoms with Gasteiger partial charge in [0.2, 0.25) is 0 Å². The third kappa shape index (κ3) is 1.74. The van der Waals surface area contributed by atoms with Crippen molar-refractivity contribution in [1.82, 2.24) is 9.97 Å². The van der Waals surface area contributed by atoms with Gasteiger partial charge in [0.05, 0.1) is 6.42 Å². The Morgan fingerprint density at radius 3 is 3.14 bits per heavy atom. The van der Waals surface area contributed by atoms with Gasteiger partial charge >= 0.3 is 5.97 Å². The number of aromatic amines is 1. The summed E-state index contributed by atoms with van der Waals surface area (Å²) < 4.78 is 0. The minimum Gasteiger partial charge on any atom is -0.481 e. The summed E-state index contributed by atoms with van der Waals surface area (Å²) >= 11 is 0. The van der Waals surface area contributed by atoms with Crippen LogP contribution in [0, 0.1) is 0 Å². The second-order valence-electron chi connectivity index (χ2n) is 3.13. The number of nitrogens with one attached hydrogen (secondary N) is 1. The lowest BCUT2D eigenvalue weighted by Crippen LogP contribution is -1.97. The summed E-state index contributed by atoms with van der Waals surface area (Å²) in [5, 5.41) is 9.54. The molecular formula is C10H10N2O2. The second kappa shape index (κ2) is 3.49. The van der Waals surface area contributed by atoms with Gasteiger partial charge in [0.15, 0.2) is 0 Å². The van der Waals surface area contributed by atoms with Gasteiger partial charge < -0.3 is 10.1 Å². The van der Waals surface area contributed by atoms with E-state index in [2.05, 4.69) is 9.97 Å². The van der Waals surface area contributed by atoms with Crippen LogP contribution in [0.3, 0.4) is 0 Å². The Morgan fingerprint density at radius 1 is 1.57 bits per heavy atom. The highest BCUT2D eigenvalue weighted by Crippen LogP contribution is 2.13. The number of aromatic nitrogens is 2. The molecule has 2 rings (SSSR count). The van der Waals surface area contributed by atoms with Gasteiger partial charge in [-0.3, -0.25) is 4.79 Å². The Morgan fingerprint density at radius 2 is 2.43 bits per heavy atom. The largest absolute Gasteiger partial charge is 0.481 e. The minimum atomic E-state index is -0.781.